The summed E-state index contributed by atoms with van der Waals surface area (Å²) in [5.41, 5.74) is -0.0592. The first kappa shape index (κ1) is 16.2. The third kappa shape index (κ3) is 3.48. The monoisotopic (exact) mass is 343 g/mol. The summed E-state index contributed by atoms with van der Waals surface area (Å²) in [5.74, 6) is 0.893. The molecular formula is C16H22ClNO3S. The molecule has 0 saturated carbocycles. The molecule has 0 bridgehead atoms. The van der Waals surface area contributed by atoms with Crippen LogP contribution < -0.4 is 0 Å². The van der Waals surface area contributed by atoms with E-state index in [1.807, 2.05) is 24.3 Å². The average molecular weight is 344 g/mol. The first-order valence-electron chi connectivity index (χ1n) is 7.78. The van der Waals surface area contributed by atoms with Gasteiger partial charge in [0.1, 0.15) is 0 Å². The van der Waals surface area contributed by atoms with Crippen LogP contribution in [-0.2, 0) is 15.4 Å². The Hall–Kier alpha value is -0.620. The Kier molecular flexibility index (Phi) is 4.52. The average Bonchev–Trinajstić information content (AvgIpc) is 2.81. The van der Waals surface area contributed by atoms with E-state index < -0.39 is 15.4 Å². The second-order valence-corrected chi connectivity index (χ2v) is 9.22. The standard InChI is InChI=1S/C16H22ClNO3S/c17-15-4-2-1-3-14(15)16(19)6-8-18(9-7-16)11-13-5-10-22(20,21)12-13/h1-4,13,19H,5-12H2. The lowest BCUT2D eigenvalue weighted by atomic mass is 9.84. The van der Waals surface area contributed by atoms with Crippen LogP contribution >= 0.6 is 11.6 Å². The van der Waals surface area contributed by atoms with Crippen molar-refractivity contribution in [3.63, 3.8) is 0 Å². The number of piperidine rings is 1. The summed E-state index contributed by atoms with van der Waals surface area (Å²) in [5, 5.41) is 11.5. The lowest BCUT2D eigenvalue weighted by molar-refractivity contribution is -0.0281. The normalized spacial score (nSPS) is 27.8. The maximum atomic E-state index is 11.5. The fourth-order valence-corrected chi connectivity index (χ4v) is 5.76. The number of benzene rings is 1. The summed E-state index contributed by atoms with van der Waals surface area (Å²) in [6.45, 7) is 2.37. The number of aliphatic hydroxyl groups is 1. The van der Waals surface area contributed by atoms with Crippen LogP contribution in [0.5, 0.6) is 0 Å². The quantitative estimate of drug-likeness (QED) is 0.912. The summed E-state index contributed by atoms with van der Waals surface area (Å²) < 4.78 is 23.1. The number of rotatable bonds is 3. The van der Waals surface area contributed by atoms with E-state index in [4.69, 9.17) is 11.6 Å². The van der Waals surface area contributed by atoms with Crippen molar-refractivity contribution in [3.05, 3.63) is 34.9 Å². The highest BCUT2D eigenvalue weighted by Gasteiger charge is 2.37. The molecule has 4 nitrogen and oxygen atoms in total. The van der Waals surface area contributed by atoms with E-state index in [9.17, 15) is 13.5 Å². The minimum Gasteiger partial charge on any atom is -0.385 e. The Balaban J connectivity index is 1.60. The minimum absolute atomic E-state index is 0.247. The predicted octanol–water partition coefficient (Wildman–Crippen LogP) is 2.06. The lowest BCUT2D eigenvalue weighted by Gasteiger charge is -2.39. The largest absolute Gasteiger partial charge is 0.385 e. The van der Waals surface area contributed by atoms with Crippen LogP contribution in [0.25, 0.3) is 0 Å². The Bertz CT molecular complexity index is 639. The maximum Gasteiger partial charge on any atom is 0.150 e. The second-order valence-electron chi connectivity index (χ2n) is 6.58. The molecule has 2 heterocycles. The van der Waals surface area contributed by atoms with E-state index in [1.165, 1.54) is 0 Å². The molecule has 0 aromatic heterocycles. The van der Waals surface area contributed by atoms with Gasteiger partial charge in [-0.3, -0.25) is 0 Å². The zero-order chi connectivity index (χ0) is 15.8. The first-order valence-corrected chi connectivity index (χ1v) is 9.98. The smallest absolute Gasteiger partial charge is 0.150 e. The van der Waals surface area contributed by atoms with Gasteiger partial charge in [0.15, 0.2) is 9.84 Å². The fourth-order valence-electron chi connectivity index (χ4n) is 3.59. The van der Waals surface area contributed by atoms with Crippen molar-refractivity contribution in [1.82, 2.24) is 4.90 Å². The van der Waals surface area contributed by atoms with Gasteiger partial charge in [0, 0.05) is 30.2 Å². The molecule has 2 saturated heterocycles. The van der Waals surface area contributed by atoms with Gasteiger partial charge in [-0.05, 0) is 31.2 Å². The van der Waals surface area contributed by atoms with Crippen LogP contribution in [0.3, 0.4) is 0 Å². The lowest BCUT2D eigenvalue weighted by Crippen LogP contribution is -2.44. The molecule has 22 heavy (non-hydrogen) atoms. The molecule has 2 aliphatic rings. The zero-order valence-electron chi connectivity index (χ0n) is 12.5. The SMILES string of the molecule is O=S1(=O)CCC(CN2CCC(O)(c3ccccc3Cl)CC2)C1. The molecule has 1 atom stereocenters. The van der Waals surface area contributed by atoms with E-state index in [0.29, 0.717) is 29.4 Å². The Morgan fingerprint density at radius 1 is 1.27 bits per heavy atom. The van der Waals surface area contributed by atoms with Crippen LogP contribution in [0.1, 0.15) is 24.8 Å². The molecule has 0 spiro atoms. The van der Waals surface area contributed by atoms with Crippen LogP contribution in [0.4, 0.5) is 0 Å². The third-order valence-corrected chi connectivity index (χ3v) is 7.07. The van der Waals surface area contributed by atoms with Gasteiger partial charge in [-0.15, -0.1) is 0 Å². The number of nitrogens with zero attached hydrogens (tertiary/aromatic N) is 1. The summed E-state index contributed by atoms with van der Waals surface area (Å²) in [6, 6.07) is 7.46. The number of sulfone groups is 1. The maximum absolute atomic E-state index is 11.5. The van der Waals surface area contributed by atoms with Gasteiger partial charge in [-0.2, -0.15) is 0 Å². The number of likely N-dealkylation sites (tertiary alicyclic amines) is 1. The zero-order valence-corrected chi connectivity index (χ0v) is 14.1. The fraction of sp³-hybridized carbons (Fsp3) is 0.625. The van der Waals surface area contributed by atoms with E-state index in [0.717, 1.165) is 31.6 Å². The van der Waals surface area contributed by atoms with Gasteiger partial charge in [-0.1, -0.05) is 29.8 Å². The topological polar surface area (TPSA) is 57.6 Å². The first-order chi connectivity index (χ1) is 10.4. The van der Waals surface area contributed by atoms with E-state index in [-0.39, 0.29) is 5.92 Å². The minimum atomic E-state index is -2.81. The Labute approximate surface area is 137 Å². The van der Waals surface area contributed by atoms with Gasteiger partial charge < -0.3 is 10.0 Å². The molecule has 3 rings (SSSR count). The highest BCUT2D eigenvalue weighted by molar-refractivity contribution is 7.91. The van der Waals surface area contributed by atoms with Crippen molar-refractivity contribution in [2.45, 2.75) is 24.9 Å². The molecule has 1 N–H and O–H groups in total. The molecule has 0 aliphatic carbocycles. The van der Waals surface area contributed by atoms with Crippen LogP contribution in [0, 0.1) is 5.92 Å². The molecular weight excluding hydrogens is 322 g/mol. The van der Waals surface area contributed by atoms with Crippen LogP contribution in [0.2, 0.25) is 5.02 Å². The third-order valence-electron chi connectivity index (χ3n) is 4.90. The molecule has 1 unspecified atom stereocenters. The summed E-state index contributed by atoms with van der Waals surface area (Å²) in [4.78, 5) is 2.27. The highest BCUT2D eigenvalue weighted by Crippen LogP contribution is 2.37. The van der Waals surface area contributed by atoms with E-state index in [2.05, 4.69) is 4.90 Å². The molecule has 1 aromatic carbocycles. The molecule has 0 radical (unpaired) electrons. The molecule has 1 aromatic rings. The van der Waals surface area contributed by atoms with Gasteiger partial charge in [0.25, 0.3) is 0 Å². The molecule has 0 amide bonds. The number of hydrogen-bond acceptors (Lipinski definition) is 4. The second kappa shape index (κ2) is 6.11. The van der Waals surface area contributed by atoms with Crippen molar-refractivity contribution < 1.29 is 13.5 Å². The Morgan fingerprint density at radius 3 is 2.55 bits per heavy atom. The molecule has 2 aliphatic heterocycles. The summed E-state index contributed by atoms with van der Waals surface area (Å²) in [7, 11) is -2.81. The summed E-state index contributed by atoms with van der Waals surface area (Å²) in [6.07, 6.45) is 2.04. The molecule has 6 heteroatoms. The van der Waals surface area contributed by atoms with Gasteiger partial charge >= 0.3 is 0 Å². The summed E-state index contributed by atoms with van der Waals surface area (Å²) >= 11 is 6.21. The van der Waals surface area contributed by atoms with Crippen LogP contribution in [-0.4, -0.2) is 49.6 Å². The number of hydrogen-bond donors (Lipinski definition) is 1. The number of halogens is 1. The van der Waals surface area contributed by atoms with Crippen LogP contribution in [0.15, 0.2) is 24.3 Å². The molecule has 122 valence electrons. The predicted molar refractivity (Wildman–Crippen MR) is 87.8 cm³/mol. The van der Waals surface area contributed by atoms with Crippen molar-refractivity contribution in [1.29, 1.82) is 0 Å². The molecule has 2 fully saturated rings. The van der Waals surface area contributed by atoms with Crippen molar-refractivity contribution in [3.8, 4) is 0 Å². The van der Waals surface area contributed by atoms with Gasteiger partial charge in [-0.25, -0.2) is 8.42 Å². The highest BCUT2D eigenvalue weighted by atomic mass is 35.5. The van der Waals surface area contributed by atoms with Gasteiger partial charge in [0.05, 0.1) is 17.1 Å². The van der Waals surface area contributed by atoms with E-state index in [1.54, 1.807) is 0 Å². The van der Waals surface area contributed by atoms with E-state index >= 15 is 0 Å². The van der Waals surface area contributed by atoms with Crippen molar-refractivity contribution in [2.75, 3.05) is 31.1 Å². The van der Waals surface area contributed by atoms with Crippen molar-refractivity contribution >= 4 is 21.4 Å². The van der Waals surface area contributed by atoms with Crippen molar-refractivity contribution in [2.24, 2.45) is 5.92 Å². The Morgan fingerprint density at radius 2 is 1.95 bits per heavy atom. The van der Waals surface area contributed by atoms with Gasteiger partial charge in [0.2, 0.25) is 0 Å².